The van der Waals surface area contributed by atoms with Gasteiger partial charge in [0.15, 0.2) is 0 Å². The number of carboxylic acids is 1. The van der Waals surface area contributed by atoms with E-state index in [1.165, 1.54) is 18.2 Å². The summed E-state index contributed by atoms with van der Waals surface area (Å²) in [7, 11) is -4.20. The number of carbonyl (C=O) groups is 2. The monoisotopic (exact) mass is 311 g/mol. The van der Waals surface area contributed by atoms with Crippen LogP contribution in [0, 0.1) is 18.3 Å². The van der Waals surface area contributed by atoms with Crippen molar-refractivity contribution in [3.05, 3.63) is 29.3 Å². The van der Waals surface area contributed by atoms with Crippen LogP contribution >= 0.6 is 0 Å². The van der Waals surface area contributed by atoms with E-state index in [0.717, 1.165) is 0 Å². The summed E-state index contributed by atoms with van der Waals surface area (Å²) in [6, 6.07) is 5.62. The minimum absolute atomic E-state index is 0.207. The second-order valence-electron chi connectivity index (χ2n) is 4.22. The highest BCUT2D eigenvalue weighted by molar-refractivity contribution is 7.89. The fourth-order valence-corrected chi connectivity index (χ4v) is 3.06. The lowest BCUT2D eigenvalue weighted by molar-refractivity contribution is -0.137. The first kappa shape index (κ1) is 16.6. The molecule has 0 radical (unpaired) electrons. The fourth-order valence-electron chi connectivity index (χ4n) is 1.62. The quantitative estimate of drug-likeness (QED) is 0.720. The number of carboxylic acid groups (broad SMARTS) is 1. The zero-order chi connectivity index (χ0) is 16.2. The van der Waals surface area contributed by atoms with Crippen LogP contribution in [-0.2, 0) is 19.6 Å². The molecular weight excluding hydrogens is 298 g/mol. The molecule has 0 heterocycles. The molecule has 0 aliphatic rings. The van der Waals surface area contributed by atoms with Crippen LogP contribution in [0.15, 0.2) is 23.1 Å². The number of nitriles is 1. The van der Waals surface area contributed by atoms with Crippen molar-refractivity contribution < 1.29 is 23.1 Å². The van der Waals surface area contributed by atoms with Crippen LogP contribution in [0.1, 0.15) is 11.1 Å². The Hall–Kier alpha value is -2.44. The second-order valence-corrected chi connectivity index (χ2v) is 6.16. The smallest absolute Gasteiger partial charge is 0.318 e. The third-order valence-corrected chi connectivity index (χ3v) is 4.39. The van der Waals surface area contributed by atoms with Gasteiger partial charge in [0.05, 0.1) is 23.1 Å². The van der Waals surface area contributed by atoms with Gasteiger partial charge in [-0.1, -0.05) is 0 Å². The SMILES string of the molecule is Cc1cc(S(=O)(=O)N(CC(N)=O)CC(=O)O)ccc1C#N. The van der Waals surface area contributed by atoms with Gasteiger partial charge in [0, 0.05) is 0 Å². The summed E-state index contributed by atoms with van der Waals surface area (Å²) in [5, 5.41) is 17.6. The minimum atomic E-state index is -4.20. The molecule has 0 bridgehead atoms. The van der Waals surface area contributed by atoms with E-state index in [1.54, 1.807) is 6.92 Å². The van der Waals surface area contributed by atoms with Crippen LogP contribution in [0.4, 0.5) is 0 Å². The summed E-state index contributed by atoms with van der Waals surface area (Å²) in [4.78, 5) is 21.4. The lowest BCUT2D eigenvalue weighted by Gasteiger charge is -2.19. The van der Waals surface area contributed by atoms with E-state index in [2.05, 4.69) is 0 Å². The van der Waals surface area contributed by atoms with Crippen LogP contribution in [-0.4, -0.2) is 42.8 Å². The highest BCUT2D eigenvalue weighted by Crippen LogP contribution is 2.19. The number of primary amides is 1. The van der Waals surface area contributed by atoms with Crippen molar-refractivity contribution in [1.82, 2.24) is 4.31 Å². The van der Waals surface area contributed by atoms with Crippen LogP contribution < -0.4 is 5.73 Å². The molecule has 1 aromatic rings. The standard InChI is InChI=1S/C12H13N3O5S/c1-8-4-10(3-2-9(8)5-13)21(19,20)15(6-11(14)16)7-12(17)18/h2-4H,6-7H2,1H3,(H2,14,16)(H,17,18). The van der Waals surface area contributed by atoms with Crippen molar-refractivity contribution in [2.24, 2.45) is 5.73 Å². The van der Waals surface area contributed by atoms with Gasteiger partial charge in [-0.25, -0.2) is 8.42 Å². The molecule has 0 aliphatic carbocycles. The molecular formula is C12H13N3O5S. The van der Waals surface area contributed by atoms with Gasteiger partial charge in [0.2, 0.25) is 15.9 Å². The average Bonchev–Trinajstić information content (AvgIpc) is 2.36. The number of aryl methyl sites for hydroxylation is 1. The predicted octanol–water partition coefficient (Wildman–Crippen LogP) is -0.573. The third kappa shape index (κ3) is 4.01. The molecule has 8 nitrogen and oxygen atoms in total. The van der Waals surface area contributed by atoms with Gasteiger partial charge in [-0.3, -0.25) is 9.59 Å². The zero-order valence-corrected chi connectivity index (χ0v) is 11.9. The first-order valence-electron chi connectivity index (χ1n) is 5.69. The summed E-state index contributed by atoms with van der Waals surface area (Å²) in [6.45, 7) is -0.0782. The number of amides is 1. The highest BCUT2D eigenvalue weighted by atomic mass is 32.2. The molecule has 3 N–H and O–H groups in total. The number of rotatable bonds is 6. The molecule has 0 unspecified atom stereocenters. The van der Waals surface area contributed by atoms with E-state index in [-0.39, 0.29) is 4.90 Å². The number of hydrogen-bond acceptors (Lipinski definition) is 5. The Morgan fingerprint density at radius 3 is 2.43 bits per heavy atom. The van der Waals surface area contributed by atoms with Crippen molar-refractivity contribution in [1.29, 1.82) is 5.26 Å². The molecule has 0 saturated carbocycles. The number of carbonyl (C=O) groups excluding carboxylic acids is 1. The van der Waals surface area contributed by atoms with Crippen LogP contribution in [0.3, 0.4) is 0 Å². The number of aliphatic carboxylic acids is 1. The molecule has 0 fully saturated rings. The number of hydrogen-bond donors (Lipinski definition) is 2. The van der Waals surface area contributed by atoms with Crippen LogP contribution in [0.25, 0.3) is 0 Å². The molecule has 0 spiro atoms. The summed E-state index contributed by atoms with van der Waals surface area (Å²) < 4.78 is 25.1. The fraction of sp³-hybridized carbons (Fsp3) is 0.250. The topological polar surface area (TPSA) is 142 Å². The van der Waals surface area contributed by atoms with Gasteiger partial charge in [-0.2, -0.15) is 9.57 Å². The highest BCUT2D eigenvalue weighted by Gasteiger charge is 2.28. The first-order chi connectivity index (χ1) is 9.68. The predicted molar refractivity (Wildman–Crippen MR) is 71.5 cm³/mol. The van der Waals surface area contributed by atoms with Crippen molar-refractivity contribution in [2.75, 3.05) is 13.1 Å². The number of sulfonamides is 1. The van der Waals surface area contributed by atoms with E-state index in [9.17, 15) is 18.0 Å². The average molecular weight is 311 g/mol. The van der Waals surface area contributed by atoms with Gasteiger partial charge in [-0.15, -0.1) is 0 Å². The van der Waals surface area contributed by atoms with Gasteiger partial charge >= 0.3 is 5.97 Å². The Morgan fingerprint density at radius 2 is 2.00 bits per heavy atom. The summed E-state index contributed by atoms with van der Waals surface area (Å²) in [5.41, 5.74) is 5.66. The minimum Gasteiger partial charge on any atom is -0.480 e. The molecule has 0 atom stereocenters. The number of benzene rings is 1. The maximum Gasteiger partial charge on any atom is 0.318 e. The largest absolute Gasteiger partial charge is 0.480 e. The normalized spacial score (nSPS) is 11.1. The van der Waals surface area contributed by atoms with Gasteiger partial charge in [0.1, 0.15) is 6.54 Å². The lowest BCUT2D eigenvalue weighted by Crippen LogP contribution is -2.41. The first-order valence-corrected chi connectivity index (χ1v) is 7.13. The van der Waals surface area contributed by atoms with E-state index >= 15 is 0 Å². The van der Waals surface area contributed by atoms with E-state index in [1.807, 2.05) is 6.07 Å². The summed E-state index contributed by atoms with van der Waals surface area (Å²) in [6.07, 6.45) is 0. The lowest BCUT2D eigenvalue weighted by atomic mass is 10.1. The van der Waals surface area contributed by atoms with Crippen molar-refractivity contribution in [3.63, 3.8) is 0 Å². The third-order valence-electron chi connectivity index (χ3n) is 2.60. The van der Waals surface area contributed by atoms with Gasteiger partial charge in [0.25, 0.3) is 0 Å². The van der Waals surface area contributed by atoms with Gasteiger partial charge in [-0.05, 0) is 30.7 Å². The summed E-state index contributed by atoms with van der Waals surface area (Å²) in [5.74, 6) is -2.38. The number of nitrogens with zero attached hydrogens (tertiary/aromatic N) is 2. The molecule has 1 aromatic carbocycles. The van der Waals surface area contributed by atoms with Crippen LogP contribution in [0.5, 0.6) is 0 Å². The Balaban J connectivity index is 3.28. The molecule has 9 heteroatoms. The molecule has 21 heavy (non-hydrogen) atoms. The van der Waals surface area contributed by atoms with Crippen molar-refractivity contribution in [2.45, 2.75) is 11.8 Å². The van der Waals surface area contributed by atoms with Crippen molar-refractivity contribution in [3.8, 4) is 6.07 Å². The number of nitrogens with two attached hydrogens (primary N) is 1. The molecule has 1 amide bonds. The van der Waals surface area contributed by atoms with E-state index in [0.29, 0.717) is 15.4 Å². The van der Waals surface area contributed by atoms with E-state index < -0.39 is 35.0 Å². The Kier molecular flexibility index (Phi) is 5.02. The molecule has 0 aliphatic heterocycles. The van der Waals surface area contributed by atoms with Gasteiger partial charge < -0.3 is 10.8 Å². The Bertz CT molecular complexity index is 705. The zero-order valence-electron chi connectivity index (χ0n) is 11.1. The van der Waals surface area contributed by atoms with Crippen LogP contribution in [0.2, 0.25) is 0 Å². The molecule has 1 rings (SSSR count). The maximum absolute atomic E-state index is 12.3. The molecule has 0 saturated heterocycles. The Morgan fingerprint density at radius 1 is 1.38 bits per heavy atom. The molecule has 0 aromatic heterocycles. The maximum atomic E-state index is 12.3. The Labute approximate surface area is 121 Å². The summed E-state index contributed by atoms with van der Waals surface area (Å²) >= 11 is 0. The van der Waals surface area contributed by atoms with E-state index in [4.69, 9.17) is 16.1 Å². The second kappa shape index (κ2) is 6.34. The molecule has 112 valence electrons. The van der Waals surface area contributed by atoms with Crippen molar-refractivity contribution >= 4 is 21.9 Å².